The monoisotopic (exact) mass is 1690 g/mol. The molecule has 0 spiro atoms. The molecule has 30 nitrogen and oxygen atoms in total. The Morgan fingerprint density at radius 2 is 0.863 bits per heavy atom. The maximum Gasteiger partial charge on any atom is 0.410 e. The van der Waals surface area contributed by atoms with Crippen molar-refractivity contribution in [1.29, 1.82) is 10.5 Å². The molecule has 596 valence electrons. The third-order valence-corrected chi connectivity index (χ3v) is 25.1. The number of allylic oxidation sites excluding steroid dienone is 8. The van der Waals surface area contributed by atoms with Crippen LogP contribution in [0.3, 0.4) is 0 Å². The van der Waals surface area contributed by atoms with E-state index in [1.54, 1.807) is 41.8 Å². The molecule has 117 heavy (non-hydrogen) atoms. The van der Waals surface area contributed by atoms with Gasteiger partial charge in [-0.25, -0.2) is 33.4 Å². The first kappa shape index (κ1) is 79.9. The fourth-order valence-electron chi connectivity index (χ4n) is 17.6. The molecule has 1 amide bonds. The minimum absolute atomic E-state index is 0.0876. The lowest BCUT2D eigenvalue weighted by Crippen LogP contribution is -2.42. The molecule has 8 aliphatic rings. The van der Waals surface area contributed by atoms with Gasteiger partial charge in [-0.05, 0) is 261 Å². The van der Waals surface area contributed by atoms with E-state index in [0.29, 0.717) is 85.9 Å². The first-order valence-corrected chi connectivity index (χ1v) is 41.1. The number of benzene rings is 4. The molecule has 32 heteroatoms. The smallest absolute Gasteiger partial charge is 0.410 e. The van der Waals surface area contributed by atoms with Crippen molar-refractivity contribution in [1.82, 2.24) is 81.4 Å². The zero-order chi connectivity index (χ0) is 81.6. The summed E-state index contributed by atoms with van der Waals surface area (Å²) >= 11 is 7.16. The van der Waals surface area contributed by atoms with Crippen molar-refractivity contribution in [2.45, 2.75) is 135 Å². The van der Waals surface area contributed by atoms with Crippen LogP contribution >= 0.6 is 31.9 Å². The van der Waals surface area contributed by atoms with Gasteiger partial charge in [0.2, 0.25) is 0 Å². The second-order valence-electron chi connectivity index (χ2n) is 31.6. The molecule has 10 aromatic rings. The van der Waals surface area contributed by atoms with Crippen LogP contribution in [0.5, 0.6) is 0 Å². The third kappa shape index (κ3) is 16.2. The van der Waals surface area contributed by atoms with Gasteiger partial charge in [0.05, 0.1) is 85.9 Å². The highest BCUT2D eigenvalue weighted by Gasteiger charge is 2.43. The van der Waals surface area contributed by atoms with Gasteiger partial charge in [-0.15, -0.1) is 0 Å². The lowest BCUT2D eigenvalue weighted by molar-refractivity contribution is 0.0194. The van der Waals surface area contributed by atoms with Crippen molar-refractivity contribution >= 4 is 83.3 Å². The Kier molecular flexibility index (Phi) is 23.9. The first-order valence-electron chi connectivity index (χ1n) is 39.6. The number of nitrogens with one attached hydrogen (secondary N) is 9. The molecule has 14 heterocycles. The summed E-state index contributed by atoms with van der Waals surface area (Å²) in [7, 11) is 0. The molecule has 0 bridgehead atoms. The van der Waals surface area contributed by atoms with Crippen LogP contribution in [-0.4, -0.2) is 153 Å². The van der Waals surface area contributed by atoms with E-state index >= 15 is 0 Å². The molecule has 4 saturated heterocycles. The normalized spacial score (nSPS) is 19.9. The van der Waals surface area contributed by atoms with E-state index in [1.165, 1.54) is 6.42 Å². The number of ether oxygens (including phenoxy) is 1. The summed E-state index contributed by atoms with van der Waals surface area (Å²) in [5.41, 5.74) is 17.3. The predicted octanol–water partition coefficient (Wildman–Crippen LogP) is 16.6. The summed E-state index contributed by atoms with van der Waals surface area (Å²) in [4.78, 5) is 35.1. The molecule has 0 saturated carbocycles. The van der Waals surface area contributed by atoms with Gasteiger partial charge in [0.1, 0.15) is 63.1 Å². The van der Waals surface area contributed by atoms with E-state index in [9.17, 15) is 15.3 Å². The van der Waals surface area contributed by atoms with Gasteiger partial charge >= 0.3 is 6.09 Å². The average Bonchev–Trinajstić information content (AvgIpc) is 1.60. The summed E-state index contributed by atoms with van der Waals surface area (Å²) < 4.78 is 16.9. The van der Waals surface area contributed by atoms with Crippen LogP contribution in [-0.2, 0) is 4.74 Å². The second-order valence-corrected chi connectivity index (χ2v) is 33.1. The molecule has 4 unspecified atom stereocenters. The highest BCUT2D eigenvalue weighted by atomic mass is 79.9. The molecule has 4 atom stereocenters. The molecular weight excluding hydrogens is 1610 g/mol. The minimum atomic E-state index is -0.533. The summed E-state index contributed by atoms with van der Waals surface area (Å²) in [6, 6.07) is 27.7. The van der Waals surface area contributed by atoms with Crippen LogP contribution < -0.4 is 26.6 Å². The van der Waals surface area contributed by atoms with Crippen LogP contribution in [0.2, 0.25) is 0 Å². The number of nitriles is 2. The molecule has 0 radical (unpaired) electrons. The number of rotatable bonds is 11. The minimum Gasteiger partial charge on any atom is -0.444 e. The van der Waals surface area contributed by atoms with Gasteiger partial charge in [-0.3, -0.25) is 20.4 Å². The van der Waals surface area contributed by atoms with Crippen LogP contribution in [0.15, 0.2) is 161 Å². The summed E-state index contributed by atoms with van der Waals surface area (Å²) in [5, 5.41) is 81.4. The van der Waals surface area contributed by atoms with E-state index in [2.05, 4.69) is 182 Å². The van der Waals surface area contributed by atoms with Crippen LogP contribution in [0.1, 0.15) is 179 Å². The average molecular weight is 1700 g/mol. The number of aromatic amines is 4. The number of H-pyrrole nitrogens is 4. The van der Waals surface area contributed by atoms with Crippen molar-refractivity contribution in [2.75, 3.05) is 80.2 Å². The number of anilines is 4. The fraction of sp³-hybridized carbons (Fsp3) is 0.400. The predicted molar refractivity (Wildman–Crippen MR) is 447 cm³/mol. The zero-order valence-electron chi connectivity index (χ0n) is 65.7. The number of amides is 1. The number of likely N-dealkylation sites (tertiary alicyclic amines) is 3. The quantitative estimate of drug-likeness (QED) is 0.0543. The highest BCUT2D eigenvalue weighted by molar-refractivity contribution is 9.11. The number of carbonyl (C=O) groups is 1. The summed E-state index contributed by atoms with van der Waals surface area (Å²) in [6.07, 6.45) is 15.6. The number of aromatic nitrogens is 12. The van der Waals surface area contributed by atoms with Crippen molar-refractivity contribution < 1.29 is 18.8 Å². The SMILES string of the molecule is [C-]#[N+]C1=C(C2CCN(C(=O)OC(C)(C)C)CC2)Nc2[nH]ncc2C1c1cccc(C#N)c1Br.[C-]#[N+]C1=C(C2CCN(C(C)C)CC2)Nc2[nH]ncc2C1c1cccc2nonc12.[C-]#[N+]C1=C(C2CCN(CCC)CC2)Nc2[nH]ncc2C1c1cccc2nonc12.[C-]#[N+]C1=C(C2CCNCC2)Nc2[nH]ncc2C1c1cccc(C#N)c1Br. The zero-order valence-corrected chi connectivity index (χ0v) is 68.8. The summed E-state index contributed by atoms with van der Waals surface area (Å²) in [5.74, 6) is 3.31. The lowest BCUT2D eigenvalue weighted by atomic mass is 9.81. The van der Waals surface area contributed by atoms with E-state index in [1.807, 2.05) is 81.4 Å². The van der Waals surface area contributed by atoms with Crippen molar-refractivity contribution in [3.63, 3.8) is 0 Å². The van der Waals surface area contributed by atoms with Gasteiger partial charge in [-0.1, -0.05) is 55.5 Å². The molecule has 0 aliphatic carbocycles. The second kappa shape index (κ2) is 35.0. The van der Waals surface area contributed by atoms with E-state index in [4.69, 9.17) is 40.3 Å². The topological polar surface area (TPSA) is 354 Å². The van der Waals surface area contributed by atoms with Gasteiger partial charge < -0.3 is 46.0 Å². The maximum absolute atomic E-state index is 12.5. The maximum atomic E-state index is 12.5. The van der Waals surface area contributed by atoms with Gasteiger partial charge in [0.15, 0.2) is 22.8 Å². The number of piperidine rings is 4. The number of nitrogens with zero attached hydrogens (tertiary/aromatic N) is 17. The molecule has 9 N–H and O–H groups in total. The van der Waals surface area contributed by atoms with Crippen LogP contribution in [0.4, 0.5) is 28.1 Å². The Labute approximate surface area is 693 Å². The molecule has 4 fully saturated rings. The third-order valence-electron chi connectivity index (χ3n) is 23.3. The lowest BCUT2D eigenvalue weighted by Gasteiger charge is -2.38. The standard InChI is InChI=1S/C24H25BrN6O2.2C21H23N7O.C19H17BrN6/c1-24(2,3)33-23(32)31-10-8-14(9-11-31)20-21(27-4)18(17-13-28-30-22(17)29-20)16-7-5-6-15(12-26)19(16)25;1-12(2)28-9-7-13(8-10-28)18-20(22-3)17(15-11-23-25-21(15)24-18)14-5-4-6-16-19(14)27-29-26-16;1-3-9-28-10-7-13(8-11-28)18-20(22-2)17(15-12-23-25-21(15)24-18)14-5-4-6-16-19(14)27-29-26-16;1-22-18-15(13-4-2-3-12(9-21)16(13)20)14-10-24-26-19(14)25-17(18)11-5-7-23-8-6-11/h5-7,13-14,18H,8-11H2,1-3H3,(H2,28,29,30);4-6,11-13,17H,7-10H2,1-2H3,(H2,23,24,25);4-6,12-13,17H,3,7-11H2,1H3,(H2,23,24,25);2-4,10-11,15,23H,5-8H2,(H2,24,25,26). The highest BCUT2D eigenvalue weighted by Crippen LogP contribution is 2.52. The number of fused-ring (bicyclic) bond motifs is 6. The van der Waals surface area contributed by atoms with E-state index in [-0.39, 0.29) is 35.7 Å². The van der Waals surface area contributed by atoms with Gasteiger partial charge in [-0.2, -0.15) is 30.9 Å². The summed E-state index contributed by atoms with van der Waals surface area (Å²) in [6.45, 7) is 52.6. The number of halogens is 2. The van der Waals surface area contributed by atoms with E-state index in [0.717, 1.165) is 204 Å². The van der Waals surface area contributed by atoms with Gasteiger partial charge in [0, 0.05) is 73.1 Å². The van der Waals surface area contributed by atoms with Crippen LogP contribution in [0, 0.1) is 72.6 Å². The molecule has 6 aromatic heterocycles. The van der Waals surface area contributed by atoms with Gasteiger partial charge in [0.25, 0.3) is 0 Å². The Morgan fingerprint density at radius 1 is 0.513 bits per heavy atom. The number of carbonyl (C=O) groups excluding carboxylic acids is 1. The van der Waals surface area contributed by atoms with E-state index < -0.39 is 5.60 Å². The fourth-order valence-corrected chi connectivity index (χ4v) is 18.7. The Balaban J connectivity index is 0.000000123. The number of hydrogen-bond acceptors (Lipinski definition) is 21. The van der Waals surface area contributed by atoms with Crippen molar-refractivity contribution in [3.8, 4) is 12.1 Å². The van der Waals surface area contributed by atoms with Crippen molar-refractivity contribution in [3.05, 3.63) is 253 Å². The Hall–Kier alpha value is -12.3. The number of hydrogen-bond donors (Lipinski definition) is 9. The van der Waals surface area contributed by atoms with Crippen LogP contribution in [0.25, 0.3) is 41.4 Å². The molecule has 8 aliphatic heterocycles. The first-order chi connectivity index (χ1) is 56.9. The van der Waals surface area contributed by atoms with Crippen molar-refractivity contribution in [2.24, 2.45) is 23.7 Å². The molecule has 18 rings (SSSR count). The molecular formula is C85H88Br2N26O4. The largest absolute Gasteiger partial charge is 0.444 e. The molecule has 4 aromatic carbocycles. The Morgan fingerprint density at radius 3 is 1.22 bits per heavy atom. The Bertz CT molecular complexity index is 5750.